The molecule has 2 atom stereocenters. The Morgan fingerprint density at radius 2 is 1.95 bits per heavy atom. The molecular weight excluding hydrogens is 470 g/mol. The molecule has 0 spiro atoms. The second-order valence-electron chi connectivity index (χ2n) is 9.69. The lowest BCUT2D eigenvalue weighted by Gasteiger charge is -2.37. The van der Waals surface area contributed by atoms with Crippen LogP contribution in [-0.4, -0.2) is 39.7 Å². The highest BCUT2D eigenvalue weighted by Gasteiger charge is 2.32. The van der Waals surface area contributed by atoms with Crippen molar-refractivity contribution in [2.75, 3.05) is 22.1 Å². The van der Waals surface area contributed by atoms with Crippen LogP contribution in [0.4, 0.5) is 22.9 Å². The monoisotopic (exact) mass is 499 g/mol. The van der Waals surface area contributed by atoms with Gasteiger partial charge in [0.2, 0.25) is 0 Å². The number of fused-ring (bicyclic) bond motifs is 1. The van der Waals surface area contributed by atoms with Crippen LogP contribution >= 0.6 is 0 Å². The molecule has 1 aliphatic rings. The average molecular weight is 500 g/mol. The zero-order chi connectivity index (χ0) is 26.1. The van der Waals surface area contributed by atoms with Crippen molar-refractivity contribution in [2.24, 2.45) is 0 Å². The molecule has 0 radical (unpaired) electrons. The molecule has 9 nitrogen and oxygen atoms in total. The zero-order valence-electron chi connectivity index (χ0n) is 20.8. The highest BCUT2D eigenvalue weighted by atomic mass is 16.4. The first kappa shape index (κ1) is 24.4. The number of hydrogen-bond donors (Lipinski definition) is 3. The van der Waals surface area contributed by atoms with Crippen molar-refractivity contribution >= 4 is 39.6 Å². The summed E-state index contributed by atoms with van der Waals surface area (Å²) in [6.45, 7) is 4.64. The lowest BCUT2D eigenvalue weighted by atomic mass is 9.99. The Morgan fingerprint density at radius 1 is 1.16 bits per heavy atom. The normalized spacial score (nSPS) is 16.6. The average Bonchev–Trinajstić information content (AvgIpc) is 2.89. The number of aryl methyl sites for hydroxylation is 1. The molecule has 4 aromatic rings. The van der Waals surface area contributed by atoms with Gasteiger partial charge >= 0.3 is 5.97 Å². The highest BCUT2D eigenvalue weighted by Crippen LogP contribution is 2.29. The second kappa shape index (κ2) is 10.0. The van der Waals surface area contributed by atoms with E-state index in [1.54, 1.807) is 12.4 Å². The van der Waals surface area contributed by atoms with E-state index in [9.17, 15) is 19.5 Å². The van der Waals surface area contributed by atoms with E-state index >= 15 is 0 Å². The Kier molecular flexibility index (Phi) is 6.60. The summed E-state index contributed by atoms with van der Waals surface area (Å²) in [5.74, 6) is -0.392. The van der Waals surface area contributed by atoms with Crippen LogP contribution in [0.15, 0.2) is 58.4 Å². The van der Waals surface area contributed by atoms with E-state index in [1.807, 2.05) is 55.1 Å². The van der Waals surface area contributed by atoms with Gasteiger partial charge in [-0.3, -0.25) is 14.6 Å². The molecule has 2 aromatic heterocycles. The molecule has 0 saturated carbocycles. The van der Waals surface area contributed by atoms with Crippen LogP contribution in [0.2, 0.25) is 0 Å². The predicted octanol–water partition coefficient (Wildman–Crippen LogP) is 3.76. The van der Waals surface area contributed by atoms with E-state index in [1.165, 1.54) is 0 Å². The number of carbonyl (C=O) groups is 1. The number of carboxylic acids is 1. The van der Waals surface area contributed by atoms with E-state index in [4.69, 9.17) is 0 Å². The minimum Gasteiger partial charge on any atom is -0.480 e. The Morgan fingerprint density at radius 3 is 2.68 bits per heavy atom. The summed E-state index contributed by atoms with van der Waals surface area (Å²) in [6.07, 6.45) is 6.61. The third-order valence-corrected chi connectivity index (χ3v) is 7.01. The third-order valence-electron chi connectivity index (χ3n) is 7.01. The SMILES string of the molecule is Cc1cc2ccncc2c(Nc2ccc(C[C@H](Nc3c(N4CCCCC4C)c(=O)c3=O)C(=O)O)cc2)n1. The van der Waals surface area contributed by atoms with Gasteiger partial charge in [-0.2, -0.15) is 0 Å². The maximum Gasteiger partial charge on any atom is 0.326 e. The molecule has 2 aromatic carbocycles. The van der Waals surface area contributed by atoms with Crippen molar-refractivity contribution in [1.82, 2.24) is 9.97 Å². The summed E-state index contributed by atoms with van der Waals surface area (Å²) < 4.78 is 0. The van der Waals surface area contributed by atoms with Gasteiger partial charge in [0, 0.05) is 48.2 Å². The molecule has 0 aliphatic carbocycles. The van der Waals surface area contributed by atoms with Crippen molar-refractivity contribution in [3.05, 3.63) is 80.5 Å². The largest absolute Gasteiger partial charge is 0.480 e. The fourth-order valence-electron chi connectivity index (χ4n) is 5.01. The van der Waals surface area contributed by atoms with Crippen molar-refractivity contribution in [3.63, 3.8) is 0 Å². The molecular formula is C28H29N5O4. The van der Waals surface area contributed by atoms with Gasteiger partial charge in [0.1, 0.15) is 23.2 Å². The molecule has 0 amide bonds. The van der Waals surface area contributed by atoms with Gasteiger partial charge in [0.05, 0.1) is 0 Å². The number of benzene rings is 1. The molecule has 190 valence electrons. The van der Waals surface area contributed by atoms with Gasteiger partial charge in [-0.1, -0.05) is 12.1 Å². The fraction of sp³-hybridized carbons (Fsp3) is 0.321. The Balaban J connectivity index is 1.32. The van der Waals surface area contributed by atoms with E-state index in [-0.39, 0.29) is 18.2 Å². The number of anilines is 4. The Labute approximate surface area is 213 Å². The highest BCUT2D eigenvalue weighted by molar-refractivity contribution is 5.93. The number of nitrogens with zero attached hydrogens (tertiary/aromatic N) is 3. The zero-order valence-corrected chi connectivity index (χ0v) is 20.8. The molecule has 1 unspecified atom stereocenters. The smallest absolute Gasteiger partial charge is 0.326 e. The van der Waals surface area contributed by atoms with E-state index in [0.717, 1.165) is 47.0 Å². The molecule has 1 aliphatic heterocycles. The fourth-order valence-corrected chi connectivity index (χ4v) is 5.01. The third kappa shape index (κ3) is 4.89. The maximum atomic E-state index is 12.4. The summed E-state index contributed by atoms with van der Waals surface area (Å²) in [7, 11) is 0. The Hall–Kier alpha value is -4.27. The number of hydrogen-bond acceptors (Lipinski definition) is 8. The van der Waals surface area contributed by atoms with Crippen LogP contribution in [0, 0.1) is 6.92 Å². The van der Waals surface area contributed by atoms with Crippen molar-refractivity contribution in [3.8, 4) is 0 Å². The molecule has 3 N–H and O–H groups in total. The molecule has 1 saturated heterocycles. The number of pyridine rings is 2. The minimum atomic E-state index is -1.09. The van der Waals surface area contributed by atoms with Gasteiger partial charge in [0.15, 0.2) is 0 Å². The second-order valence-corrected chi connectivity index (χ2v) is 9.69. The Bertz CT molecular complexity index is 1520. The van der Waals surface area contributed by atoms with Gasteiger partial charge in [-0.25, -0.2) is 9.78 Å². The number of aromatic nitrogens is 2. The molecule has 5 rings (SSSR count). The lowest BCUT2D eigenvalue weighted by Crippen LogP contribution is -2.49. The number of piperidine rings is 1. The van der Waals surface area contributed by atoms with Gasteiger partial charge < -0.3 is 20.6 Å². The van der Waals surface area contributed by atoms with Crippen molar-refractivity contribution in [2.45, 2.75) is 51.6 Å². The van der Waals surface area contributed by atoms with Crippen LogP contribution < -0.4 is 26.4 Å². The minimum absolute atomic E-state index is 0.121. The number of carboxylic acid groups (broad SMARTS) is 1. The standard InChI is InChI=1S/C28H29N5O4/c1-16-13-19-10-11-29-15-21(19)27(30-16)31-20-8-6-18(7-9-20)14-22(28(36)37)32-23-24(26(35)25(23)34)33-12-4-3-5-17(33)2/h6-11,13,15,17,22,32H,3-5,12,14H2,1-2H3,(H,30,31)(H,36,37)/t17?,22-/m0/s1. The van der Waals surface area contributed by atoms with Crippen LogP contribution in [0.5, 0.6) is 0 Å². The predicted molar refractivity (Wildman–Crippen MR) is 145 cm³/mol. The first-order valence-corrected chi connectivity index (χ1v) is 12.5. The van der Waals surface area contributed by atoms with Gasteiger partial charge in [-0.15, -0.1) is 0 Å². The first-order chi connectivity index (χ1) is 17.8. The van der Waals surface area contributed by atoms with Crippen molar-refractivity contribution in [1.29, 1.82) is 0 Å². The number of aliphatic carboxylic acids is 1. The summed E-state index contributed by atoms with van der Waals surface area (Å²) >= 11 is 0. The first-order valence-electron chi connectivity index (χ1n) is 12.5. The van der Waals surface area contributed by atoms with E-state index in [0.29, 0.717) is 18.1 Å². The summed E-state index contributed by atoms with van der Waals surface area (Å²) in [4.78, 5) is 47.5. The summed E-state index contributed by atoms with van der Waals surface area (Å²) in [5.41, 5.74) is 1.72. The number of nitrogens with one attached hydrogen (secondary N) is 2. The van der Waals surface area contributed by atoms with Crippen LogP contribution in [-0.2, 0) is 11.2 Å². The van der Waals surface area contributed by atoms with Crippen LogP contribution in [0.25, 0.3) is 10.8 Å². The van der Waals surface area contributed by atoms with E-state index < -0.39 is 22.9 Å². The van der Waals surface area contributed by atoms with Crippen molar-refractivity contribution < 1.29 is 9.90 Å². The van der Waals surface area contributed by atoms with E-state index in [2.05, 4.69) is 20.6 Å². The summed E-state index contributed by atoms with van der Waals surface area (Å²) in [5, 5.41) is 18.0. The maximum absolute atomic E-state index is 12.4. The molecule has 0 bridgehead atoms. The number of rotatable bonds is 8. The summed E-state index contributed by atoms with van der Waals surface area (Å²) in [6, 6.07) is 10.4. The molecule has 1 fully saturated rings. The topological polar surface area (TPSA) is 125 Å². The molecule has 9 heteroatoms. The molecule has 3 heterocycles. The van der Waals surface area contributed by atoms with Gasteiger partial charge in [-0.05, 0) is 68.3 Å². The van der Waals surface area contributed by atoms with Gasteiger partial charge in [0.25, 0.3) is 10.9 Å². The molecule has 37 heavy (non-hydrogen) atoms. The van der Waals surface area contributed by atoms with Crippen LogP contribution in [0.1, 0.15) is 37.4 Å². The lowest BCUT2D eigenvalue weighted by molar-refractivity contribution is -0.137. The van der Waals surface area contributed by atoms with Crippen LogP contribution in [0.3, 0.4) is 0 Å². The quantitative estimate of drug-likeness (QED) is 0.311.